The van der Waals surface area contributed by atoms with E-state index < -0.39 is 6.04 Å². The van der Waals surface area contributed by atoms with Crippen LogP contribution in [0.25, 0.3) is 0 Å². The molecule has 4 fully saturated rings. The van der Waals surface area contributed by atoms with Crippen molar-refractivity contribution in [3.63, 3.8) is 0 Å². The van der Waals surface area contributed by atoms with Gasteiger partial charge in [0.15, 0.2) is 0 Å². The molecule has 0 heterocycles. The third kappa shape index (κ3) is 4.55. The first-order valence-electron chi connectivity index (χ1n) is 11.5. The molecule has 0 radical (unpaired) electrons. The molecule has 0 unspecified atom stereocenters. The maximum Gasteiger partial charge on any atom is 0.318 e. The fraction of sp³-hybridized carbons (Fsp3) is 0.625. The Balaban J connectivity index is 1.40. The number of hydrogen-bond donors (Lipinski definition) is 4. The smallest absolute Gasteiger partial charge is 0.318 e. The van der Waals surface area contributed by atoms with Gasteiger partial charge in [-0.15, -0.1) is 0 Å². The number of nitrogens with one attached hydrogen (secondary N) is 4. The van der Waals surface area contributed by atoms with Crippen LogP contribution < -0.4 is 21.3 Å². The van der Waals surface area contributed by atoms with E-state index in [9.17, 15) is 14.4 Å². The predicted molar refractivity (Wildman–Crippen MR) is 121 cm³/mol. The zero-order valence-corrected chi connectivity index (χ0v) is 18.7. The Morgan fingerprint density at radius 1 is 0.871 bits per heavy atom. The number of carbonyl (C=O) groups is 3. The molecule has 1 atom stereocenters. The summed E-state index contributed by atoms with van der Waals surface area (Å²) in [5, 5.41) is 11.2. The van der Waals surface area contributed by atoms with Gasteiger partial charge in [0.05, 0.1) is 0 Å². The van der Waals surface area contributed by atoms with Crippen LogP contribution >= 0.6 is 0 Å². The first-order chi connectivity index (χ1) is 14.8. The molecular weight excluding hydrogens is 392 g/mol. The molecular formula is C24H34N4O3. The second kappa shape index (κ2) is 8.52. The van der Waals surface area contributed by atoms with Gasteiger partial charge < -0.3 is 21.3 Å². The van der Waals surface area contributed by atoms with Gasteiger partial charge in [0.25, 0.3) is 0 Å². The number of amides is 4. The molecule has 168 valence electrons. The molecule has 4 aliphatic carbocycles. The van der Waals surface area contributed by atoms with E-state index in [2.05, 4.69) is 21.3 Å². The predicted octanol–water partition coefficient (Wildman–Crippen LogP) is 3.73. The van der Waals surface area contributed by atoms with Gasteiger partial charge in [-0.1, -0.05) is 13.8 Å². The molecule has 5 rings (SSSR count). The van der Waals surface area contributed by atoms with Gasteiger partial charge in [0, 0.05) is 23.8 Å². The molecule has 4 bridgehead atoms. The van der Waals surface area contributed by atoms with Gasteiger partial charge in [0.1, 0.15) is 6.04 Å². The maximum atomic E-state index is 13.4. The van der Waals surface area contributed by atoms with E-state index in [1.807, 2.05) is 13.8 Å². The summed E-state index contributed by atoms with van der Waals surface area (Å²) in [7, 11) is 1.55. The number of anilines is 2. The van der Waals surface area contributed by atoms with Crippen LogP contribution in [-0.4, -0.2) is 30.9 Å². The molecule has 7 heteroatoms. The lowest BCUT2D eigenvalue weighted by molar-refractivity contribution is -0.148. The summed E-state index contributed by atoms with van der Waals surface area (Å²) in [5.41, 5.74) is 0.991. The summed E-state index contributed by atoms with van der Waals surface area (Å²) < 4.78 is 0. The second-order valence-corrected chi connectivity index (χ2v) is 10.2. The molecule has 0 spiro atoms. The van der Waals surface area contributed by atoms with E-state index in [0.717, 1.165) is 19.3 Å². The van der Waals surface area contributed by atoms with Gasteiger partial charge in [-0.25, -0.2) is 4.79 Å². The Hall–Kier alpha value is -2.57. The van der Waals surface area contributed by atoms with Crippen molar-refractivity contribution in [2.45, 2.75) is 58.4 Å². The summed E-state index contributed by atoms with van der Waals surface area (Å²) in [4.78, 5) is 37.8. The minimum absolute atomic E-state index is 0.0212. The third-order valence-corrected chi connectivity index (χ3v) is 7.39. The van der Waals surface area contributed by atoms with Gasteiger partial charge in [-0.3, -0.25) is 9.59 Å². The number of carbonyl (C=O) groups excluding carboxylic acids is 3. The third-order valence-electron chi connectivity index (χ3n) is 7.39. The minimum atomic E-state index is -0.579. The number of benzene rings is 1. The molecule has 0 aliphatic heterocycles. The van der Waals surface area contributed by atoms with Crippen molar-refractivity contribution in [2.75, 3.05) is 17.7 Å². The molecule has 31 heavy (non-hydrogen) atoms. The Morgan fingerprint density at radius 3 is 1.81 bits per heavy atom. The second-order valence-electron chi connectivity index (χ2n) is 10.2. The molecule has 1 aromatic carbocycles. The Morgan fingerprint density at radius 2 is 1.35 bits per heavy atom. The topological polar surface area (TPSA) is 99.3 Å². The monoisotopic (exact) mass is 426 g/mol. The Labute approximate surface area is 184 Å². The largest absolute Gasteiger partial charge is 0.344 e. The zero-order chi connectivity index (χ0) is 22.2. The summed E-state index contributed by atoms with van der Waals surface area (Å²) in [6.07, 6.45) is 6.80. The number of urea groups is 1. The normalized spacial score (nSPS) is 29.4. The van der Waals surface area contributed by atoms with Crippen molar-refractivity contribution in [3.8, 4) is 0 Å². The fourth-order valence-corrected chi connectivity index (χ4v) is 6.27. The van der Waals surface area contributed by atoms with Crippen molar-refractivity contribution in [2.24, 2.45) is 29.1 Å². The average Bonchev–Trinajstić information content (AvgIpc) is 2.71. The van der Waals surface area contributed by atoms with Crippen molar-refractivity contribution >= 4 is 29.2 Å². The lowest BCUT2D eigenvalue weighted by Gasteiger charge is -2.55. The fourth-order valence-electron chi connectivity index (χ4n) is 6.27. The van der Waals surface area contributed by atoms with Crippen molar-refractivity contribution in [3.05, 3.63) is 24.3 Å². The highest BCUT2D eigenvalue weighted by atomic mass is 16.2. The molecule has 4 saturated carbocycles. The van der Waals surface area contributed by atoms with E-state index in [1.165, 1.54) is 19.3 Å². The Kier molecular flexibility index (Phi) is 5.95. The number of hydrogen-bond acceptors (Lipinski definition) is 3. The Bertz CT molecular complexity index is 814. The highest BCUT2D eigenvalue weighted by Crippen LogP contribution is 2.60. The molecule has 0 saturated heterocycles. The average molecular weight is 427 g/mol. The van der Waals surface area contributed by atoms with E-state index in [0.29, 0.717) is 29.1 Å². The molecule has 0 aromatic heterocycles. The van der Waals surface area contributed by atoms with Crippen LogP contribution in [-0.2, 0) is 9.59 Å². The molecule has 7 nitrogen and oxygen atoms in total. The zero-order valence-electron chi connectivity index (χ0n) is 18.7. The van der Waals surface area contributed by atoms with Gasteiger partial charge in [-0.05, 0) is 86.5 Å². The van der Waals surface area contributed by atoms with Crippen molar-refractivity contribution in [1.82, 2.24) is 10.6 Å². The highest BCUT2D eigenvalue weighted by Gasteiger charge is 2.55. The molecule has 4 N–H and O–H groups in total. The summed E-state index contributed by atoms with van der Waals surface area (Å²) in [6.45, 7) is 3.92. The van der Waals surface area contributed by atoms with Crippen LogP contribution in [0.4, 0.5) is 16.2 Å². The van der Waals surface area contributed by atoms with Crippen LogP contribution in [0.2, 0.25) is 0 Å². The summed E-state index contributed by atoms with van der Waals surface area (Å²) in [5.74, 6) is 1.90. The van der Waals surface area contributed by atoms with Crippen LogP contribution in [0.3, 0.4) is 0 Å². The quantitative estimate of drug-likeness (QED) is 0.558. The van der Waals surface area contributed by atoms with E-state index in [4.69, 9.17) is 0 Å². The molecule has 1 aromatic rings. The summed E-state index contributed by atoms with van der Waals surface area (Å²) in [6, 6.07) is 6.04. The van der Waals surface area contributed by atoms with E-state index in [1.54, 1.807) is 31.3 Å². The van der Waals surface area contributed by atoms with Gasteiger partial charge in [0.2, 0.25) is 11.8 Å². The highest BCUT2D eigenvalue weighted by molar-refractivity contribution is 5.98. The van der Waals surface area contributed by atoms with Crippen LogP contribution in [0.1, 0.15) is 52.4 Å². The lowest BCUT2D eigenvalue weighted by Crippen LogP contribution is -2.57. The van der Waals surface area contributed by atoms with Gasteiger partial charge in [-0.2, -0.15) is 0 Å². The van der Waals surface area contributed by atoms with Crippen LogP contribution in [0.15, 0.2) is 24.3 Å². The van der Waals surface area contributed by atoms with Gasteiger partial charge >= 0.3 is 6.03 Å². The molecule has 4 amide bonds. The van der Waals surface area contributed by atoms with Crippen LogP contribution in [0.5, 0.6) is 0 Å². The SMILES string of the molecule is CNC(=O)Nc1ccc(NC(=O)[C@@H](NC(=O)C23CC4CC(CC(C4)C2)C3)C(C)C)cc1. The van der Waals surface area contributed by atoms with Crippen molar-refractivity contribution in [1.29, 1.82) is 0 Å². The summed E-state index contributed by atoms with van der Waals surface area (Å²) >= 11 is 0. The first kappa shape index (κ1) is 21.7. The first-order valence-corrected chi connectivity index (χ1v) is 11.5. The van der Waals surface area contributed by atoms with Crippen LogP contribution in [0, 0.1) is 29.1 Å². The molecule has 4 aliphatic rings. The van der Waals surface area contributed by atoms with E-state index in [-0.39, 0.29) is 29.2 Å². The maximum absolute atomic E-state index is 13.4. The minimum Gasteiger partial charge on any atom is -0.344 e. The van der Waals surface area contributed by atoms with E-state index >= 15 is 0 Å². The standard InChI is InChI=1S/C24H34N4O3/c1-14(2)20(21(29)26-18-4-6-19(7-5-18)27-23(31)25-3)28-22(30)24-11-15-8-16(12-24)10-17(9-15)13-24/h4-7,14-17,20H,8-13H2,1-3H3,(H,26,29)(H,28,30)(H2,25,27,31)/t15?,16?,17?,20-,24?/m0/s1. The number of rotatable bonds is 6. The van der Waals surface area contributed by atoms with Crippen molar-refractivity contribution < 1.29 is 14.4 Å². The lowest BCUT2D eigenvalue weighted by atomic mass is 9.49.